The zero-order valence-electron chi connectivity index (χ0n) is 10.9. The van der Waals surface area contributed by atoms with E-state index in [0.717, 1.165) is 18.2 Å². The second kappa shape index (κ2) is 5.46. The Kier molecular flexibility index (Phi) is 4.17. The van der Waals surface area contributed by atoms with Gasteiger partial charge in [0.15, 0.2) is 0 Å². The first kappa shape index (κ1) is 13.0. The largest absolute Gasteiger partial charge is 0.392 e. The fourth-order valence-electron chi connectivity index (χ4n) is 1.92. The lowest BCUT2D eigenvalue weighted by atomic mass is 10.2. The van der Waals surface area contributed by atoms with Crippen LogP contribution in [0.5, 0.6) is 0 Å². The third-order valence-corrected chi connectivity index (χ3v) is 4.15. The molecular weight excluding hydrogens is 232 g/mol. The second-order valence-electron chi connectivity index (χ2n) is 5.32. The number of nitrogens with zero attached hydrogens (tertiary/aromatic N) is 2. The molecule has 17 heavy (non-hydrogen) atoms. The fraction of sp³-hybridized carbons (Fsp3) is 0.769. The Hall–Kier alpha value is -0.450. The van der Waals surface area contributed by atoms with Crippen LogP contribution in [0.1, 0.15) is 50.2 Å². The van der Waals surface area contributed by atoms with Gasteiger partial charge in [0.2, 0.25) is 0 Å². The summed E-state index contributed by atoms with van der Waals surface area (Å²) >= 11 is 1.79. The molecule has 1 N–H and O–H groups in total. The maximum absolute atomic E-state index is 9.49. The molecule has 1 saturated carbocycles. The van der Waals surface area contributed by atoms with E-state index in [0.29, 0.717) is 12.6 Å². The highest BCUT2D eigenvalue weighted by Crippen LogP contribution is 2.41. The second-order valence-corrected chi connectivity index (χ2v) is 6.21. The third-order valence-electron chi connectivity index (χ3n) is 3.09. The van der Waals surface area contributed by atoms with Crippen LogP contribution >= 0.6 is 11.3 Å². The molecule has 1 fully saturated rings. The van der Waals surface area contributed by atoms with Gasteiger partial charge in [-0.1, -0.05) is 0 Å². The number of aromatic nitrogens is 1. The minimum atomic E-state index is -0.279. The summed E-state index contributed by atoms with van der Waals surface area (Å²) in [6, 6.07) is 0.440. The van der Waals surface area contributed by atoms with E-state index in [4.69, 9.17) is 4.98 Å². The van der Waals surface area contributed by atoms with Crippen molar-refractivity contribution in [1.29, 1.82) is 0 Å². The Labute approximate surface area is 107 Å². The number of aliphatic hydroxyl groups excluding tert-OH is 1. The Morgan fingerprint density at radius 1 is 1.47 bits per heavy atom. The van der Waals surface area contributed by atoms with Crippen molar-refractivity contribution in [3.63, 3.8) is 0 Å². The van der Waals surface area contributed by atoms with Gasteiger partial charge in [0, 0.05) is 30.4 Å². The number of rotatable bonds is 6. The maximum Gasteiger partial charge on any atom is 0.0959 e. The van der Waals surface area contributed by atoms with Crippen LogP contribution in [0.25, 0.3) is 0 Å². The van der Waals surface area contributed by atoms with Crippen LogP contribution < -0.4 is 0 Å². The van der Waals surface area contributed by atoms with Gasteiger partial charge in [-0.15, -0.1) is 11.3 Å². The van der Waals surface area contributed by atoms with Crippen LogP contribution in [0.4, 0.5) is 0 Å². The summed E-state index contributed by atoms with van der Waals surface area (Å²) in [6.45, 7) is 7.74. The van der Waals surface area contributed by atoms with E-state index < -0.39 is 0 Å². The monoisotopic (exact) mass is 254 g/mol. The quantitative estimate of drug-likeness (QED) is 0.848. The average molecular weight is 254 g/mol. The molecule has 1 heterocycles. The number of thiazole rings is 1. The number of hydrogen-bond donors (Lipinski definition) is 1. The van der Waals surface area contributed by atoms with Crippen LogP contribution in [-0.2, 0) is 6.54 Å². The van der Waals surface area contributed by atoms with Crippen LogP contribution in [0.15, 0.2) is 5.38 Å². The summed E-state index contributed by atoms with van der Waals surface area (Å²) in [5, 5.41) is 13.0. The van der Waals surface area contributed by atoms with Gasteiger partial charge in [0.25, 0.3) is 0 Å². The molecule has 1 aliphatic rings. The molecule has 0 radical (unpaired) electrons. The Morgan fingerprint density at radius 2 is 2.18 bits per heavy atom. The molecule has 0 saturated heterocycles. The number of hydrogen-bond acceptors (Lipinski definition) is 4. The molecule has 1 aromatic heterocycles. The third kappa shape index (κ3) is 3.76. The molecular formula is C13H22N2OS. The first-order valence-electron chi connectivity index (χ1n) is 6.42. The minimum Gasteiger partial charge on any atom is -0.392 e. The van der Waals surface area contributed by atoms with E-state index in [1.165, 1.54) is 17.8 Å². The predicted octanol–water partition coefficient (Wildman–Crippen LogP) is 2.61. The van der Waals surface area contributed by atoms with E-state index in [2.05, 4.69) is 24.1 Å². The molecule has 0 aliphatic heterocycles. The highest BCUT2D eigenvalue weighted by molar-refractivity contribution is 7.09. The lowest BCUT2D eigenvalue weighted by Gasteiger charge is -2.26. The van der Waals surface area contributed by atoms with Crippen LogP contribution in [-0.4, -0.2) is 33.7 Å². The summed E-state index contributed by atoms with van der Waals surface area (Å²) in [5.74, 6) is 0.748. The van der Waals surface area contributed by atoms with Crippen molar-refractivity contribution in [3.8, 4) is 0 Å². The van der Waals surface area contributed by atoms with Crippen molar-refractivity contribution in [3.05, 3.63) is 16.1 Å². The van der Waals surface area contributed by atoms with Crippen LogP contribution in [0.3, 0.4) is 0 Å². The summed E-state index contributed by atoms with van der Waals surface area (Å²) < 4.78 is 0. The van der Waals surface area contributed by atoms with E-state index in [1.54, 1.807) is 11.3 Å². The van der Waals surface area contributed by atoms with Gasteiger partial charge in [0.1, 0.15) is 0 Å². The van der Waals surface area contributed by atoms with Crippen molar-refractivity contribution in [2.75, 3.05) is 6.54 Å². The molecule has 1 atom stereocenters. The molecule has 1 aliphatic carbocycles. The molecule has 0 aromatic carbocycles. The molecule has 2 rings (SSSR count). The van der Waals surface area contributed by atoms with E-state index >= 15 is 0 Å². The van der Waals surface area contributed by atoms with Gasteiger partial charge in [-0.25, -0.2) is 4.98 Å². The van der Waals surface area contributed by atoms with E-state index in [9.17, 15) is 5.11 Å². The average Bonchev–Trinajstić information content (AvgIpc) is 2.98. The lowest BCUT2D eigenvalue weighted by molar-refractivity contribution is 0.102. The Balaban J connectivity index is 1.95. The lowest BCUT2D eigenvalue weighted by Crippen LogP contribution is -2.36. The van der Waals surface area contributed by atoms with Gasteiger partial charge >= 0.3 is 0 Å². The molecule has 4 heteroatoms. The van der Waals surface area contributed by atoms with Gasteiger partial charge in [-0.05, 0) is 33.6 Å². The summed E-state index contributed by atoms with van der Waals surface area (Å²) in [7, 11) is 0. The summed E-state index contributed by atoms with van der Waals surface area (Å²) in [6.07, 6.45) is 2.35. The smallest absolute Gasteiger partial charge is 0.0959 e. The van der Waals surface area contributed by atoms with E-state index in [-0.39, 0.29) is 6.10 Å². The predicted molar refractivity (Wildman–Crippen MR) is 71.3 cm³/mol. The highest BCUT2D eigenvalue weighted by atomic mass is 32.1. The summed E-state index contributed by atoms with van der Waals surface area (Å²) in [5.41, 5.74) is 1.16. The SMILES string of the molecule is CC(O)CN(Cc1csc(C2CC2)n1)C(C)C. The van der Waals surface area contributed by atoms with Crippen molar-refractivity contribution in [2.45, 2.75) is 58.2 Å². The Morgan fingerprint density at radius 3 is 2.71 bits per heavy atom. The maximum atomic E-state index is 9.49. The van der Waals surface area contributed by atoms with Gasteiger partial charge in [-0.3, -0.25) is 4.90 Å². The van der Waals surface area contributed by atoms with E-state index in [1.807, 2.05) is 6.92 Å². The minimum absolute atomic E-state index is 0.279. The van der Waals surface area contributed by atoms with Crippen molar-refractivity contribution < 1.29 is 5.11 Å². The van der Waals surface area contributed by atoms with Crippen LogP contribution in [0.2, 0.25) is 0 Å². The molecule has 0 spiro atoms. The standard InChI is InChI=1S/C13H22N2OS/c1-9(2)15(6-10(3)16)7-12-8-17-13(14-12)11-4-5-11/h8-11,16H,4-7H2,1-3H3. The molecule has 1 aromatic rings. The van der Waals surface area contributed by atoms with Crippen molar-refractivity contribution in [1.82, 2.24) is 9.88 Å². The highest BCUT2D eigenvalue weighted by Gasteiger charge is 2.26. The Bertz CT molecular complexity index is 358. The first-order chi connectivity index (χ1) is 8.06. The zero-order valence-corrected chi connectivity index (χ0v) is 11.7. The fourth-order valence-corrected chi connectivity index (χ4v) is 2.90. The topological polar surface area (TPSA) is 36.4 Å². The number of aliphatic hydroxyl groups is 1. The first-order valence-corrected chi connectivity index (χ1v) is 7.30. The molecule has 0 bridgehead atoms. The van der Waals surface area contributed by atoms with Gasteiger partial charge in [0.05, 0.1) is 16.8 Å². The van der Waals surface area contributed by atoms with Crippen molar-refractivity contribution >= 4 is 11.3 Å². The summed E-state index contributed by atoms with van der Waals surface area (Å²) in [4.78, 5) is 6.97. The molecule has 3 nitrogen and oxygen atoms in total. The van der Waals surface area contributed by atoms with Crippen molar-refractivity contribution in [2.24, 2.45) is 0 Å². The molecule has 1 unspecified atom stereocenters. The van der Waals surface area contributed by atoms with Gasteiger partial charge < -0.3 is 5.11 Å². The zero-order chi connectivity index (χ0) is 12.4. The van der Waals surface area contributed by atoms with Gasteiger partial charge in [-0.2, -0.15) is 0 Å². The molecule has 96 valence electrons. The van der Waals surface area contributed by atoms with Crippen LogP contribution in [0, 0.1) is 0 Å². The normalized spacial score (nSPS) is 18.0. The molecule has 0 amide bonds.